The summed E-state index contributed by atoms with van der Waals surface area (Å²) < 4.78 is 5.06. The Bertz CT molecular complexity index is 421. The first-order valence-electron chi connectivity index (χ1n) is 5.58. The van der Waals surface area contributed by atoms with Crippen molar-refractivity contribution in [2.45, 2.75) is 26.0 Å². The average Bonchev–Trinajstić information content (AvgIpc) is 2.63. The van der Waals surface area contributed by atoms with Gasteiger partial charge in [0.25, 0.3) is 0 Å². The van der Waals surface area contributed by atoms with Gasteiger partial charge in [-0.25, -0.2) is 0 Å². The zero-order valence-electron chi connectivity index (χ0n) is 9.92. The summed E-state index contributed by atoms with van der Waals surface area (Å²) in [7, 11) is 0. The van der Waals surface area contributed by atoms with Gasteiger partial charge >= 0.3 is 5.88 Å². The van der Waals surface area contributed by atoms with E-state index >= 15 is 0 Å². The minimum absolute atomic E-state index is 0.213. The molecular weight excluding hydrogens is 224 g/mol. The van der Waals surface area contributed by atoms with E-state index < -0.39 is 10.5 Å². The van der Waals surface area contributed by atoms with Crippen molar-refractivity contribution in [2.75, 3.05) is 13.1 Å². The molecule has 0 saturated carbocycles. The number of hydrogen-bond acceptors (Lipinski definition) is 5. The van der Waals surface area contributed by atoms with Crippen molar-refractivity contribution in [3.05, 3.63) is 28.0 Å². The molecule has 0 aliphatic carbocycles. The predicted molar refractivity (Wildman–Crippen MR) is 60.4 cm³/mol. The molecule has 1 aliphatic heterocycles. The lowest BCUT2D eigenvalue weighted by Crippen LogP contribution is -2.63. The maximum atomic E-state index is 10.4. The van der Waals surface area contributed by atoms with Crippen molar-refractivity contribution in [1.82, 2.24) is 4.90 Å². The topological polar surface area (TPSA) is 79.8 Å². The molecule has 0 atom stereocenters. The van der Waals surface area contributed by atoms with Gasteiger partial charge in [-0.3, -0.25) is 15.0 Å². The molecular formula is C11H16N2O4. The van der Waals surface area contributed by atoms with E-state index in [2.05, 4.69) is 0 Å². The van der Waals surface area contributed by atoms with Crippen LogP contribution in [-0.4, -0.2) is 33.6 Å². The first kappa shape index (κ1) is 12.1. The Kier molecular flexibility index (Phi) is 2.92. The zero-order valence-corrected chi connectivity index (χ0v) is 9.92. The largest absolute Gasteiger partial charge is 0.433 e. The fourth-order valence-corrected chi connectivity index (χ4v) is 1.98. The lowest BCUT2D eigenvalue weighted by Gasteiger charge is -2.48. The van der Waals surface area contributed by atoms with Crippen LogP contribution >= 0.6 is 0 Å². The maximum absolute atomic E-state index is 10.4. The third-order valence-electron chi connectivity index (χ3n) is 3.28. The number of likely N-dealkylation sites (tertiary alicyclic amines) is 1. The molecule has 1 aromatic heterocycles. The molecule has 6 heteroatoms. The second-order valence-electron chi connectivity index (χ2n) is 4.90. The highest BCUT2D eigenvalue weighted by Gasteiger charge is 2.43. The van der Waals surface area contributed by atoms with Crippen LogP contribution in [0.5, 0.6) is 0 Å². The van der Waals surface area contributed by atoms with Gasteiger partial charge in [0.15, 0.2) is 0 Å². The van der Waals surface area contributed by atoms with E-state index in [-0.39, 0.29) is 11.8 Å². The highest BCUT2D eigenvalue weighted by molar-refractivity contribution is 5.18. The number of hydrogen-bond donors (Lipinski definition) is 1. The quantitative estimate of drug-likeness (QED) is 0.635. The molecule has 17 heavy (non-hydrogen) atoms. The Hall–Kier alpha value is -1.40. The summed E-state index contributed by atoms with van der Waals surface area (Å²) in [6.07, 6.45) is 0. The second-order valence-corrected chi connectivity index (χ2v) is 4.90. The lowest BCUT2D eigenvalue weighted by atomic mass is 9.83. The SMILES string of the molecule is CC(C)C1(O)CN(Cc2ccc([N+](=O)[O-])o2)C1. The van der Waals surface area contributed by atoms with Crippen molar-refractivity contribution in [1.29, 1.82) is 0 Å². The van der Waals surface area contributed by atoms with Gasteiger partial charge in [-0.05, 0) is 12.0 Å². The fourth-order valence-electron chi connectivity index (χ4n) is 1.98. The number of β-amino-alcohol motifs (C(OH)–C–C–N with tert-alkyl or cyclic N) is 1. The molecule has 2 rings (SSSR count). The Labute approximate surface area is 99.0 Å². The molecule has 1 aliphatic rings. The first-order chi connectivity index (χ1) is 7.90. The third kappa shape index (κ3) is 2.32. The monoisotopic (exact) mass is 240 g/mol. The van der Waals surface area contributed by atoms with Crippen LogP contribution in [-0.2, 0) is 6.54 Å². The van der Waals surface area contributed by atoms with Crippen LogP contribution in [0.2, 0.25) is 0 Å². The van der Waals surface area contributed by atoms with E-state index in [0.717, 1.165) is 0 Å². The van der Waals surface area contributed by atoms with Crippen molar-refractivity contribution in [3.63, 3.8) is 0 Å². The van der Waals surface area contributed by atoms with E-state index in [4.69, 9.17) is 4.42 Å². The van der Waals surface area contributed by atoms with E-state index in [1.54, 1.807) is 6.07 Å². The molecule has 0 amide bonds. The van der Waals surface area contributed by atoms with E-state index in [1.165, 1.54) is 6.07 Å². The molecule has 1 saturated heterocycles. The minimum atomic E-state index is -0.626. The summed E-state index contributed by atoms with van der Waals surface area (Å²) in [4.78, 5) is 11.9. The normalized spacial score (nSPS) is 19.3. The molecule has 0 unspecified atom stereocenters. The fraction of sp³-hybridized carbons (Fsp3) is 0.636. The average molecular weight is 240 g/mol. The Balaban J connectivity index is 1.89. The van der Waals surface area contributed by atoms with Gasteiger partial charge in [0, 0.05) is 13.1 Å². The van der Waals surface area contributed by atoms with Crippen molar-refractivity contribution in [3.8, 4) is 0 Å². The predicted octanol–water partition coefficient (Wildman–Crippen LogP) is 1.39. The van der Waals surface area contributed by atoms with Gasteiger partial charge in [-0.2, -0.15) is 0 Å². The molecule has 2 heterocycles. The molecule has 0 radical (unpaired) electrons. The molecule has 0 aromatic carbocycles. The first-order valence-corrected chi connectivity index (χ1v) is 5.58. The van der Waals surface area contributed by atoms with Crippen LogP contribution in [0.1, 0.15) is 19.6 Å². The van der Waals surface area contributed by atoms with Crippen molar-refractivity contribution < 1.29 is 14.4 Å². The number of nitro groups is 1. The molecule has 1 N–H and O–H groups in total. The smallest absolute Gasteiger partial charge is 0.404 e. The van der Waals surface area contributed by atoms with E-state index in [9.17, 15) is 15.2 Å². The van der Waals surface area contributed by atoms with Crippen LogP contribution < -0.4 is 0 Å². The van der Waals surface area contributed by atoms with Gasteiger partial charge < -0.3 is 9.52 Å². The summed E-state index contributed by atoms with van der Waals surface area (Å²) in [5, 5.41) is 20.5. The Morgan fingerprint density at radius 1 is 1.59 bits per heavy atom. The third-order valence-corrected chi connectivity index (χ3v) is 3.28. The lowest BCUT2D eigenvalue weighted by molar-refractivity contribution is -0.402. The highest BCUT2D eigenvalue weighted by Crippen LogP contribution is 2.30. The van der Waals surface area contributed by atoms with Gasteiger partial charge in [0.1, 0.15) is 10.7 Å². The van der Waals surface area contributed by atoms with Crippen LogP contribution in [0.25, 0.3) is 0 Å². The van der Waals surface area contributed by atoms with Crippen molar-refractivity contribution >= 4 is 5.88 Å². The van der Waals surface area contributed by atoms with Crippen LogP contribution in [0.15, 0.2) is 16.5 Å². The molecule has 0 spiro atoms. The van der Waals surface area contributed by atoms with Gasteiger partial charge in [-0.1, -0.05) is 13.8 Å². The highest BCUT2D eigenvalue weighted by atomic mass is 16.6. The van der Waals surface area contributed by atoms with Gasteiger partial charge in [-0.15, -0.1) is 0 Å². The van der Waals surface area contributed by atoms with Crippen LogP contribution in [0, 0.1) is 16.0 Å². The standard InChI is InChI=1S/C11H16N2O4/c1-8(2)11(14)6-12(7-11)5-9-3-4-10(17-9)13(15)16/h3-4,8,14H,5-7H2,1-2H3. The Morgan fingerprint density at radius 2 is 2.24 bits per heavy atom. The molecule has 94 valence electrons. The summed E-state index contributed by atoms with van der Waals surface area (Å²) in [6.45, 7) is 5.63. The maximum Gasteiger partial charge on any atom is 0.433 e. The van der Waals surface area contributed by atoms with Crippen LogP contribution in [0.3, 0.4) is 0 Å². The van der Waals surface area contributed by atoms with Crippen molar-refractivity contribution in [2.24, 2.45) is 5.92 Å². The summed E-state index contributed by atoms with van der Waals surface area (Å²) in [5.74, 6) is 0.534. The van der Waals surface area contributed by atoms with Gasteiger partial charge in [0.2, 0.25) is 0 Å². The number of aliphatic hydroxyl groups is 1. The summed E-state index contributed by atoms with van der Waals surface area (Å²) >= 11 is 0. The van der Waals surface area contributed by atoms with E-state index in [0.29, 0.717) is 25.4 Å². The van der Waals surface area contributed by atoms with Crippen LogP contribution in [0.4, 0.5) is 5.88 Å². The second kappa shape index (κ2) is 4.12. The molecule has 1 fully saturated rings. The minimum Gasteiger partial charge on any atom is -0.404 e. The number of nitrogens with zero attached hydrogens (tertiary/aromatic N) is 2. The number of furan rings is 1. The molecule has 1 aromatic rings. The van der Waals surface area contributed by atoms with E-state index in [1.807, 2.05) is 18.7 Å². The molecule has 0 bridgehead atoms. The zero-order chi connectivity index (χ0) is 12.6. The molecule has 6 nitrogen and oxygen atoms in total. The number of rotatable bonds is 4. The van der Waals surface area contributed by atoms with Gasteiger partial charge in [0.05, 0.1) is 18.2 Å². The Morgan fingerprint density at radius 3 is 2.71 bits per heavy atom. The summed E-state index contributed by atoms with van der Waals surface area (Å²) in [5.41, 5.74) is -0.626. The summed E-state index contributed by atoms with van der Waals surface area (Å²) in [6, 6.07) is 2.95.